The highest BCUT2D eigenvalue weighted by Gasteiger charge is 2.27. The first-order valence-corrected chi connectivity index (χ1v) is 8.20. The number of hydrogen-bond acceptors (Lipinski definition) is 8. The molecule has 9 heteroatoms. The van der Waals surface area contributed by atoms with Crippen molar-refractivity contribution in [1.29, 1.82) is 0 Å². The summed E-state index contributed by atoms with van der Waals surface area (Å²) in [6.07, 6.45) is 1.71. The largest absolute Gasteiger partial charge is 0.460 e. The number of esters is 1. The molecule has 0 saturated carbocycles. The van der Waals surface area contributed by atoms with Crippen LogP contribution in [0, 0.1) is 10.1 Å². The molecule has 3 rings (SSSR count). The normalized spacial score (nSPS) is 19.7. The summed E-state index contributed by atoms with van der Waals surface area (Å²) in [5.74, 6) is 0.147. The van der Waals surface area contributed by atoms with Gasteiger partial charge >= 0.3 is 5.97 Å². The predicted molar refractivity (Wildman–Crippen MR) is 90.6 cm³/mol. The Morgan fingerprint density at radius 2 is 2.29 bits per heavy atom. The number of amidine groups is 1. The summed E-state index contributed by atoms with van der Waals surface area (Å²) >= 11 is 4.43. The number of nitro groups is 1. The number of nitrogens with zero attached hydrogens (tertiary/aromatic N) is 2. The van der Waals surface area contributed by atoms with Gasteiger partial charge in [-0.05, 0) is 25.5 Å². The Balaban J connectivity index is 1.82. The van der Waals surface area contributed by atoms with Crippen molar-refractivity contribution >= 4 is 30.1 Å². The molecule has 1 unspecified atom stereocenters. The van der Waals surface area contributed by atoms with Gasteiger partial charge in [0, 0.05) is 23.1 Å². The number of rotatable bonds is 5. The molecule has 1 aromatic rings. The number of nitrogens with one attached hydrogen (secondary N) is 2. The molecule has 0 aliphatic carbocycles. The summed E-state index contributed by atoms with van der Waals surface area (Å²) in [7, 11) is 0. The van der Waals surface area contributed by atoms with Crippen LogP contribution in [0.1, 0.15) is 24.0 Å². The van der Waals surface area contributed by atoms with E-state index in [0.717, 1.165) is 19.4 Å². The lowest BCUT2D eigenvalue weighted by molar-refractivity contribution is -0.385. The number of carbonyl (C=O) groups excluding carboxylic acids is 1. The van der Waals surface area contributed by atoms with E-state index in [1.165, 1.54) is 6.07 Å². The molecule has 1 aromatic carbocycles. The first-order valence-electron chi connectivity index (χ1n) is 7.76. The molecule has 2 heterocycles. The fourth-order valence-electron chi connectivity index (χ4n) is 2.83. The second-order valence-corrected chi connectivity index (χ2v) is 6.09. The van der Waals surface area contributed by atoms with Gasteiger partial charge in [-0.2, -0.15) is 0 Å². The Morgan fingerprint density at radius 1 is 1.46 bits per heavy atom. The number of nitro benzene ring substituents is 1. The molecule has 8 nitrogen and oxygen atoms in total. The van der Waals surface area contributed by atoms with Crippen molar-refractivity contribution in [1.82, 2.24) is 10.6 Å². The Bertz CT molecular complexity index is 701. The lowest BCUT2D eigenvalue weighted by Gasteiger charge is -2.14. The first kappa shape index (κ1) is 16.7. The van der Waals surface area contributed by atoms with E-state index in [1.54, 1.807) is 6.07 Å². The topological polar surface area (TPSA) is 106 Å². The van der Waals surface area contributed by atoms with E-state index in [2.05, 4.69) is 28.3 Å². The number of hydrogen-bond donors (Lipinski definition) is 3. The highest BCUT2D eigenvalue weighted by atomic mass is 32.1. The maximum Gasteiger partial charge on any atom is 0.323 e. The highest BCUT2D eigenvalue weighted by Crippen LogP contribution is 2.30. The second-order valence-electron chi connectivity index (χ2n) is 5.64. The van der Waals surface area contributed by atoms with Gasteiger partial charge in [-0.1, -0.05) is 0 Å². The summed E-state index contributed by atoms with van der Waals surface area (Å²) in [6, 6.07) is 2.69. The SMILES string of the molecule is O=C(OCc1ccc([N+](=O)[O-])c(C2=NCCN2)c1S)C1CCCN1. The molecule has 2 aliphatic heterocycles. The van der Waals surface area contributed by atoms with Crippen LogP contribution < -0.4 is 10.6 Å². The van der Waals surface area contributed by atoms with Crippen molar-refractivity contribution in [2.45, 2.75) is 30.4 Å². The Morgan fingerprint density at radius 3 is 2.92 bits per heavy atom. The molecule has 2 N–H and O–H groups in total. The fraction of sp³-hybridized carbons (Fsp3) is 0.467. The molecule has 1 fully saturated rings. The van der Waals surface area contributed by atoms with Crippen LogP contribution in [-0.2, 0) is 16.1 Å². The summed E-state index contributed by atoms with van der Waals surface area (Å²) in [4.78, 5) is 27.5. The van der Waals surface area contributed by atoms with Gasteiger partial charge in [-0.15, -0.1) is 12.6 Å². The highest BCUT2D eigenvalue weighted by molar-refractivity contribution is 7.80. The Hall–Kier alpha value is -2.13. The van der Waals surface area contributed by atoms with E-state index in [0.29, 0.717) is 34.9 Å². The maximum absolute atomic E-state index is 12.0. The summed E-state index contributed by atoms with van der Waals surface area (Å²) in [5.41, 5.74) is 0.885. The molecule has 2 aliphatic rings. The number of ether oxygens (including phenoxy) is 1. The van der Waals surface area contributed by atoms with Crippen LogP contribution in [0.3, 0.4) is 0 Å². The monoisotopic (exact) mass is 350 g/mol. The first-order chi connectivity index (χ1) is 11.6. The Labute approximate surface area is 144 Å². The molecule has 0 spiro atoms. The minimum atomic E-state index is -0.462. The third kappa shape index (κ3) is 3.36. The zero-order valence-electron chi connectivity index (χ0n) is 12.9. The minimum absolute atomic E-state index is 0.0219. The van der Waals surface area contributed by atoms with Crippen LogP contribution in [0.15, 0.2) is 22.0 Å². The molecular formula is C15H18N4O4S. The predicted octanol–water partition coefficient (Wildman–Crippen LogP) is 1.03. The molecular weight excluding hydrogens is 332 g/mol. The Kier molecular flexibility index (Phi) is 5.00. The van der Waals surface area contributed by atoms with Crippen molar-refractivity contribution in [3.8, 4) is 0 Å². The molecule has 0 bridgehead atoms. The van der Waals surface area contributed by atoms with Gasteiger partial charge in [0.25, 0.3) is 5.69 Å². The molecule has 1 atom stereocenters. The van der Waals surface area contributed by atoms with Crippen molar-refractivity contribution in [2.75, 3.05) is 19.6 Å². The van der Waals surface area contributed by atoms with Gasteiger partial charge in [0.15, 0.2) is 0 Å². The van der Waals surface area contributed by atoms with Crippen molar-refractivity contribution in [3.63, 3.8) is 0 Å². The average molecular weight is 350 g/mol. The second kappa shape index (κ2) is 7.18. The van der Waals surface area contributed by atoms with E-state index in [-0.39, 0.29) is 24.3 Å². The zero-order valence-corrected chi connectivity index (χ0v) is 13.8. The molecule has 1 saturated heterocycles. The smallest absolute Gasteiger partial charge is 0.323 e. The van der Waals surface area contributed by atoms with E-state index in [1.807, 2.05) is 0 Å². The van der Waals surface area contributed by atoms with Gasteiger partial charge < -0.3 is 15.4 Å². The molecule has 0 aromatic heterocycles. The van der Waals surface area contributed by atoms with Gasteiger partial charge in [0.1, 0.15) is 24.0 Å². The van der Waals surface area contributed by atoms with Crippen LogP contribution in [-0.4, -0.2) is 42.4 Å². The lowest BCUT2D eigenvalue weighted by Crippen LogP contribution is -2.32. The summed E-state index contributed by atoms with van der Waals surface area (Å²) in [5, 5.41) is 17.4. The summed E-state index contributed by atoms with van der Waals surface area (Å²) < 4.78 is 5.33. The standard InChI is InChI=1S/C15H18N4O4S/c20-15(10-2-1-5-16-10)23-8-9-3-4-11(19(21)22)12(13(9)24)14-17-6-7-18-14/h3-4,10,16,24H,1-2,5-8H2,(H,17,18). The van der Waals surface area contributed by atoms with Crippen LogP contribution in [0.4, 0.5) is 5.69 Å². The third-order valence-corrected chi connectivity index (χ3v) is 4.57. The van der Waals surface area contributed by atoms with Gasteiger partial charge in [-0.3, -0.25) is 19.9 Å². The third-order valence-electron chi connectivity index (χ3n) is 4.06. The fourth-order valence-corrected chi connectivity index (χ4v) is 3.19. The molecule has 128 valence electrons. The summed E-state index contributed by atoms with van der Waals surface area (Å²) in [6.45, 7) is 2.03. The molecule has 0 amide bonds. The van der Waals surface area contributed by atoms with Crippen molar-refractivity contribution < 1.29 is 14.5 Å². The number of thiol groups is 1. The van der Waals surface area contributed by atoms with Gasteiger partial charge in [0.2, 0.25) is 0 Å². The van der Waals surface area contributed by atoms with Crippen LogP contribution in [0.5, 0.6) is 0 Å². The zero-order chi connectivity index (χ0) is 17.1. The van der Waals surface area contributed by atoms with E-state index in [9.17, 15) is 14.9 Å². The lowest BCUT2D eigenvalue weighted by atomic mass is 10.1. The maximum atomic E-state index is 12.0. The molecule has 0 radical (unpaired) electrons. The number of carbonyl (C=O) groups is 1. The van der Waals surface area contributed by atoms with Crippen LogP contribution >= 0.6 is 12.6 Å². The van der Waals surface area contributed by atoms with Gasteiger partial charge in [0.05, 0.1) is 11.5 Å². The van der Waals surface area contributed by atoms with Crippen molar-refractivity contribution in [2.24, 2.45) is 4.99 Å². The number of aliphatic imine (C=N–C) groups is 1. The van der Waals surface area contributed by atoms with Crippen LogP contribution in [0.2, 0.25) is 0 Å². The van der Waals surface area contributed by atoms with E-state index in [4.69, 9.17) is 4.74 Å². The quantitative estimate of drug-likeness (QED) is 0.317. The van der Waals surface area contributed by atoms with Crippen LogP contribution in [0.25, 0.3) is 0 Å². The number of benzene rings is 1. The molecule has 24 heavy (non-hydrogen) atoms. The van der Waals surface area contributed by atoms with Crippen molar-refractivity contribution in [3.05, 3.63) is 33.4 Å². The van der Waals surface area contributed by atoms with E-state index >= 15 is 0 Å². The minimum Gasteiger partial charge on any atom is -0.460 e. The van der Waals surface area contributed by atoms with E-state index < -0.39 is 4.92 Å². The van der Waals surface area contributed by atoms with Gasteiger partial charge in [-0.25, -0.2) is 0 Å². The average Bonchev–Trinajstić information content (AvgIpc) is 3.26.